The summed E-state index contributed by atoms with van der Waals surface area (Å²) in [5.74, 6) is 0.319. The van der Waals surface area contributed by atoms with E-state index in [1.165, 1.54) is 0 Å². The Balaban J connectivity index is 2.24. The quantitative estimate of drug-likeness (QED) is 0.667. The first-order chi connectivity index (χ1) is 14.5. The van der Waals surface area contributed by atoms with Crippen LogP contribution in [0.15, 0.2) is 42.5 Å². The molecule has 0 spiro atoms. The monoisotopic (exact) mass is 424 g/mol. The summed E-state index contributed by atoms with van der Waals surface area (Å²) in [4.78, 5) is 27.9. The van der Waals surface area contributed by atoms with Gasteiger partial charge < -0.3 is 15.0 Å². The summed E-state index contributed by atoms with van der Waals surface area (Å²) in [7, 11) is 0. The minimum absolute atomic E-state index is 0.116. The SMILES string of the molecule is CCC(C(=O)NC(C)(C)C)N(Cc1ccc(C)cc1)C(=O)COc1ccc(C)cc1C. The number of carbonyl (C=O) groups excluding carboxylic acids is 2. The number of carbonyl (C=O) groups is 2. The average molecular weight is 425 g/mol. The maximum absolute atomic E-state index is 13.3. The second-order valence-electron chi connectivity index (χ2n) is 9.23. The molecule has 0 aromatic heterocycles. The molecular formula is C26H36N2O3. The van der Waals surface area contributed by atoms with E-state index in [-0.39, 0.29) is 24.0 Å². The number of nitrogens with zero attached hydrogens (tertiary/aromatic N) is 1. The van der Waals surface area contributed by atoms with Crippen molar-refractivity contribution in [2.24, 2.45) is 0 Å². The Hall–Kier alpha value is -2.82. The molecule has 0 aliphatic heterocycles. The van der Waals surface area contributed by atoms with Gasteiger partial charge in [0.2, 0.25) is 5.91 Å². The Morgan fingerprint density at radius 2 is 1.61 bits per heavy atom. The van der Waals surface area contributed by atoms with Gasteiger partial charge in [-0.3, -0.25) is 9.59 Å². The predicted octanol–water partition coefficient (Wildman–Crippen LogP) is 4.71. The van der Waals surface area contributed by atoms with E-state index < -0.39 is 6.04 Å². The molecule has 0 fully saturated rings. The summed E-state index contributed by atoms with van der Waals surface area (Å²) in [6.07, 6.45) is 0.517. The topological polar surface area (TPSA) is 58.6 Å². The number of amides is 2. The highest BCUT2D eigenvalue weighted by Gasteiger charge is 2.30. The zero-order chi connectivity index (χ0) is 23.2. The van der Waals surface area contributed by atoms with Crippen molar-refractivity contribution >= 4 is 11.8 Å². The lowest BCUT2D eigenvalue weighted by Gasteiger charge is -2.33. The third kappa shape index (κ3) is 7.42. The highest BCUT2D eigenvalue weighted by Crippen LogP contribution is 2.20. The standard InChI is InChI=1S/C26H36N2O3/c1-8-22(25(30)27-26(5,6)7)28(16-21-12-9-18(2)10-13-21)24(29)17-31-23-14-11-19(3)15-20(23)4/h9-15,22H,8,16-17H2,1-7H3,(H,27,30). The van der Waals surface area contributed by atoms with Crippen molar-refractivity contribution in [1.29, 1.82) is 0 Å². The Labute approximate surface area is 186 Å². The molecule has 2 rings (SSSR count). The number of nitrogens with one attached hydrogen (secondary N) is 1. The van der Waals surface area contributed by atoms with E-state index in [0.29, 0.717) is 18.7 Å². The molecule has 5 heteroatoms. The molecule has 168 valence electrons. The molecular weight excluding hydrogens is 388 g/mol. The highest BCUT2D eigenvalue weighted by molar-refractivity contribution is 5.88. The van der Waals surface area contributed by atoms with E-state index in [1.54, 1.807) is 4.90 Å². The fourth-order valence-electron chi connectivity index (χ4n) is 3.45. The van der Waals surface area contributed by atoms with Gasteiger partial charge in [-0.2, -0.15) is 0 Å². The van der Waals surface area contributed by atoms with Gasteiger partial charge in [-0.25, -0.2) is 0 Å². The third-order valence-electron chi connectivity index (χ3n) is 5.04. The lowest BCUT2D eigenvalue weighted by Crippen LogP contribution is -2.54. The summed E-state index contributed by atoms with van der Waals surface area (Å²) in [5.41, 5.74) is 3.88. The number of hydrogen-bond donors (Lipinski definition) is 1. The Kier molecular flexibility index (Phi) is 8.26. The number of rotatable bonds is 8. The van der Waals surface area contributed by atoms with Crippen LogP contribution < -0.4 is 10.1 Å². The molecule has 2 aromatic rings. The molecule has 0 radical (unpaired) electrons. The smallest absolute Gasteiger partial charge is 0.261 e. The summed E-state index contributed by atoms with van der Waals surface area (Å²) < 4.78 is 5.84. The van der Waals surface area contributed by atoms with E-state index in [1.807, 2.05) is 90.9 Å². The van der Waals surface area contributed by atoms with Crippen LogP contribution in [0, 0.1) is 20.8 Å². The molecule has 31 heavy (non-hydrogen) atoms. The van der Waals surface area contributed by atoms with Crippen LogP contribution in [0.5, 0.6) is 5.75 Å². The van der Waals surface area contributed by atoms with E-state index in [9.17, 15) is 9.59 Å². The van der Waals surface area contributed by atoms with Crippen LogP contribution >= 0.6 is 0 Å². The summed E-state index contributed by atoms with van der Waals surface area (Å²) >= 11 is 0. The van der Waals surface area contributed by atoms with Crippen LogP contribution in [0.3, 0.4) is 0 Å². The summed E-state index contributed by atoms with van der Waals surface area (Å²) in [5, 5.41) is 3.02. The first-order valence-electron chi connectivity index (χ1n) is 10.9. The second kappa shape index (κ2) is 10.5. The summed E-state index contributed by atoms with van der Waals surface area (Å²) in [6.45, 7) is 14.0. The molecule has 1 N–H and O–H groups in total. The molecule has 0 heterocycles. The Bertz CT molecular complexity index is 898. The third-order valence-corrected chi connectivity index (χ3v) is 5.04. The first kappa shape index (κ1) is 24.4. The number of benzene rings is 2. The predicted molar refractivity (Wildman–Crippen MR) is 125 cm³/mol. The van der Waals surface area contributed by atoms with Crippen LogP contribution in [0.1, 0.15) is 56.4 Å². The molecule has 2 aromatic carbocycles. The van der Waals surface area contributed by atoms with Gasteiger partial charge >= 0.3 is 0 Å². The van der Waals surface area contributed by atoms with Crippen molar-refractivity contribution in [3.8, 4) is 5.75 Å². The molecule has 0 saturated carbocycles. The van der Waals surface area contributed by atoms with Crippen molar-refractivity contribution in [3.05, 3.63) is 64.7 Å². The van der Waals surface area contributed by atoms with Crippen molar-refractivity contribution < 1.29 is 14.3 Å². The van der Waals surface area contributed by atoms with Gasteiger partial charge in [-0.05, 0) is 65.2 Å². The van der Waals surface area contributed by atoms with Crippen molar-refractivity contribution in [1.82, 2.24) is 10.2 Å². The van der Waals surface area contributed by atoms with Crippen molar-refractivity contribution in [2.75, 3.05) is 6.61 Å². The van der Waals surface area contributed by atoms with Gasteiger partial charge in [0.05, 0.1) is 0 Å². The molecule has 0 aliphatic carbocycles. The average Bonchev–Trinajstić information content (AvgIpc) is 2.67. The zero-order valence-electron chi connectivity index (χ0n) is 19.9. The van der Waals surface area contributed by atoms with Gasteiger partial charge in [-0.15, -0.1) is 0 Å². The highest BCUT2D eigenvalue weighted by atomic mass is 16.5. The van der Waals surface area contributed by atoms with E-state index in [4.69, 9.17) is 4.74 Å². The molecule has 0 bridgehead atoms. The number of ether oxygens (including phenoxy) is 1. The Morgan fingerprint density at radius 3 is 2.16 bits per heavy atom. The van der Waals surface area contributed by atoms with Crippen LogP contribution in [0.2, 0.25) is 0 Å². The van der Waals surface area contributed by atoms with Crippen LogP contribution in [0.25, 0.3) is 0 Å². The summed E-state index contributed by atoms with van der Waals surface area (Å²) in [6, 6.07) is 13.3. The normalized spacial score (nSPS) is 12.2. The van der Waals surface area contributed by atoms with Crippen LogP contribution in [-0.2, 0) is 16.1 Å². The number of aryl methyl sites for hydroxylation is 3. The van der Waals surface area contributed by atoms with Gasteiger partial charge in [0, 0.05) is 12.1 Å². The Morgan fingerprint density at radius 1 is 1.00 bits per heavy atom. The van der Waals surface area contributed by atoms with Gasteiger partial charge in [0.15, 0.2) is 6.61 Å². The first-order valence-corrected chi connectivity index (χ1v) is 10.9. The minimum Gasteiger partial charge on any atom is -0.483 e. The van der Waals surface area contributed by atoms with Crippen LogP contribution in [0.4, 0.5) is 0 Å². The molecule has 5 nitrogen and oxygen atoms in total. The largest absolute Gasteiger partial charge is 0.483 e. The van der Waals surface area contributed by atoms with Crippen LogP contribution in [-0.4, -0.2) is 34.9 Å². The molecule has 1 unspecified atom stereocenters. The lowest BCUT2D eigenvalue weighted by atomic mass is 10.1. The lowest BCUT2D eigenvalue weighted by molar-refractivity contribution is -0.143. The fourth-order valence-corrected chi connectivity index (χ4v) is 3.45. The van der Waals surface area contributed by atoms with E-state index in [0.717, 1.165) is 22.3 Å². The number of hydrogen-bond acceptors (Lipinski definition) is 3. The fraction of sp³-hybridized carbons (Fsp3) is 0.462. The van der Waals surface area contributed by atoms with Gasteiger partial charge in [-0.1, -0.05) is 54.4 Å². The zero-order valence-corrected chi connectivity index (χ0v) is 19.9. The molecule has 2 amide bonds. The molecule has 1 atom stereocenters. The minimum atomic E-state index is -0.573. The van der Waals surface area contributed by atoms with Gasteiger partial charge in [0.25, 0.3) is 5.91 Å². The van der Waals surface area contributed by atoms with E-state index >= 15 is 0 Å². The second-order valence-corrected chi connectivity index (χ2v) is 9.23. The van der Waals surface area contributed by atoms with E-state index in [2.05, 4.69) is 5.32 Å². The van der Waals surface area contributed by atoms with Crippen molar-refractivity contribution in [2.45, 2.75) is 73.0 Å². The van der Waals surface area contributed by atoms with Crippen molar-refractivity contribution in [3.63, 3.8) is 0 Å². The molecule has 0 aliphatic rings. The maximum Gasteiger partial charge on any atom is 0.261 e. The maximum atomic E-state index is 13.3. The van der Waals surface area contributed by atoms with Gasteiger partial charge in [0.1, 0.15) is 11.8 Å². The molecule has 0 saturated heterocycles.